The molecule has 3 aliphatic rings. The lowest BCUT2D eigenvalue weighted by atomic mass is 9.97. The van der Waals surface area contributed by atoms with E-state index < -0.39 is 0 Å². The number of hydrogen-bond donors (Lipinski definition) is 2. The molecule has 2 aromatic rings. The number of rotatable bonds is 10. The SMILES string of the molecule is O=C(/C(CCN1CCOCC1)=N\O)c1ccc2c(c1)Cc1cc(C(=O)/C(CCN3CCOCC3)=N\O)ccc1-2. The van der Waals surface area contributed by atoms with Crippen molar-refractivity contribution in [1.82, 2.24) is 9.80 Å². The zero-order chi connectivity index (χ0) is 27.2. The number of fused-ring (bicyclic) bond motifs is 3. The minimum Gasteiger partial charge on any atom is -0.411 e. The van der Waals surface area contributed by atoms with Crippen LogP contribution >= 0.6 is 0 Å². The van der Waals surface area contributed by atoms with Crippen molar-refractivity contribution in [2.24, 2.45) is 10.3 Å². The summed E-state index contributed by atoms with van der Waals surface area (Å²) in [4.78, 5) is 30.6. The van der Waals surface area contributed by atoms with Crippen LogP contribution in [0.2, 0.25) is 0 Å². The number of benzene rings is 2. The highest BCUT2D eigenvalue weighted by Crippen LogP contribution is 2.37. The van der Waals surface area contributed by atoms with Crippen molar-refractivity contribution >= 4 is 23.0 Å². The molecule has 2 fully saturated rings. The first kappa shape index (κ1) is 27.1. The summed E-state index contributed by atoms with van der Waals surface area (Å²) in [5, 5.41) is 25.7. The fraction of sp³-hybridized carbons (Fsp3) is 0.448. The Morgan fingerprint density at radius 3 is 1.49 bits per heavy atom. The van der Waals surface area contributed by atoms with Gasteiger partial charge in [0, 0.05) is 63.2 Å². The van der Waals surface area contributed by atoms with E-state index in [0.717, 1.165) is 48.4 Å². The topological polar surface area (TPSA) is 124 Å². The molecule has 0 atom stereocenters. The van der Waals surface area contributed by atoms with Crippen LogP contribution in [0.3, 0.4) is 0 Å². The fourth-order valence-corrected chi connectivity index (χ4v) is 5.42. The summed E-state index contributed by atoms with van der Waals surface area (Å²) in [5.41, 5.74) is 5.22. The summed E-state index contributed by atoms with van der Waals surface area (Å²) < 4.78 is 10.7. The molecule has 2 heterocycles. The second-order valence-corrected chi connectivity index (χ2v) is 10.1. The summed E-state index contributed by atoms with van der Waals surface area (Å²) in [7, 11) is 0. The molecular weight excluding hydrogens is 500 g/mol. The van der Waals surface area contributed by atoms with Crippen molar-refractivity contribution in [3.05, 3.63) is 58.7 Å². The molecule has 39 heavy (non-hydrogen) atoms. The quantitative estimate of drug-likeness (QED) is 0.176. The normalized spacial score (nSPS) is 18.6. The summed E-state index contributed by atoms with van der Waals surface area (Å²) in [5.74, 6) is -0.575. The molecule has 1 aliphatic carbocycles. The third-order valence-electron chi connectivity index (χ3n) is 7.71. The van der Waals surface area contributed by atoms with Crippen LogP contribution in [0.15, 0.2) is 46.7 Å². The molecule has 0 spiro atoms. The molecule has 0 saturated carbocycles. The molecule has 2 N–H and O–H groups in total. The van der Waals surface area contributed by atoms with Gasteiger partial charge in [-0.3, -0.25) is 19.4 Å². The Kier molecular flexibility index (Phi) is 8.77. The fourth-order valence-electron chi connectivity index (χ4n) is 5.42. The van der Waals surface area contributed by atoms with E-state index in [9.17, 15) is 20.0 Å². The maximum Gasteiger partial charge on any atom is 0.210 e. The predicted octanol–water partition coefficient (Wildman–Crippen LogP) is 2.73. The van der Waals surface area contributed by atoms with Gasteiger partial charge in [0.05, 0.1) is 26.4 Å². The van der Waals surface area contributed by atoms with Crippen LogP contribution in [0.1, 0.15) is 44.7 Å². The van der Waals surface area contributed by atoms with E-state index >= 15 is 0 Å². The smallest absolute Gasteiger partial charge is 0.210 e. The number of ketones is 2. The molecule has 10 heteroatoms. The van der Waals surface area contributed by atoms with Gasteiger partial charge in [0.1, 0.15) is 11.4 Å². The zero-order valence-corrected chi connectivity index (χ0v) is 22.0. The van der Waals surface area contributed by atoms with Gasteiger partial charge in [-0.2, -0.15) is 0 Å². The molecule has 5 rings (SSSR count). The summed E-state index contributed by atoms with van der Waals surface area (Å²) >= 11 is 0. The van der Waals surface area contributed by atoms with Gasteiger partial charge >= 0.3 is 0 Å². The Balaban J connectivity index is 1.24. The molecule has 0 aromatic heterocycles. The summed E-state index contributed by atoms with van der Waals surface area (Å²) in [6.07, 6.45) is 1.29. The van der Waals surface area contributed by atoms with E-state index in [0.29, 0.717) is 69.9 Å². The standard InChI is InChI=1S/C29H34N4O6/c34-28(26(30-36)5-7-32-9-13-38-14-10-32)20-1-3-24-22(17-20)19-23-18-21(2-4-25(23)24)29(35)27(31-37)6-8-33-11-15-39-16-12-33/h1-4,17-18,36-37H,5-16,19H2/b30-26-,31-27-. The third kappa shape index (κ3) is 6.25. The molecule has 2 aromatic carbocycles. The highest BCUT2D eigenvalue weighted by molar-refractivity contribution is 6.46. The minimum atomic E-state index is -0.288. The lowest BCUT2D eigenvalue weighted by Gasteiger charge is -2.26. The molecule has 2 saturated heterocycles. The van der Waals surface area contributed by atoms with Gasteiger partial charge in [-0.15, -0.1) is 0 Å². The highest BCUT2D eigenvalue weighted by Gasteiger charge is 2.25. The Hall–Kier alpha value is -3.44. The lowest BCUT2D eigenvalue weighted by Crippen LogP contribution is -2.38. The van der Waals surface area contributed by atoms with Crippen LogP contribution in [-0.2, 0) is 15.9 Å². The van der Waals surface area contributed by atoms with E-state index in [1.54, 1.807) is 12.1 Å². The van der Waals surface area contributed by atoms with Crippen molar-refractivity contribution in [1.29, 1.82) is 0 Å². The zero-order valence-electron chi connectivity index (χ0n) is 22.0. The van der Waals surface area contributed by atoms with Gasteiger partial charge in [-0.1, -0.05) is 34.6 Å². The molecular formula is C29H34N4O6. The Morgan fingerprint density at radius 1 is 0.692 bits per heavy atom. The van der Waals surface area contributed by atoms with Crippen LogP contribution in [0.5, 0.6) is 0 Å². The molecule has 0 unspecified atom stereocenters. The largest absolute Gasteiger partial charge is 0.411 e. The average Bonchev–Trinajstić information content (AvgIpc) is 3.35. The maximum atomic E-state index is 13.1. The molecule has 2 aliphatic heterocycles. The number of morpholine rings is 2. The third-order valence-corrected chi connectivity index (χ3v) is 7.71. The van der Waals surface area contributed by atoms with E-state index in [1.807, 2.05) is 24.3 Å². The van der Waals surface area contributed by atoms with Crippen LogP contribution < -0.4 is 0 Å². The summed E-state index contributed by atoms with van der Waals surface area (Å²) in [6.45, 7) is 7.13. The van der Waals surface area contributed by atoms with Gasteiger partial charge in [0.15, 0.2) is 0 Å². The van der Waals surface area contributed by atoms with Gasteiger partial charge in [-0.25, -0.2) is 0 Å². The van der Waals surface area contributed by atoms with E-state index in [1.165, 1.54) is 0 Å². The number of carbonyl (C=O) groups is 2. The lowest BCUT2D eigenvalue weighted by molar-refractivity contribution is 0.0390. The van der Waals surface area contributed by atoms with Crippen LogP contribution in [-0.4, -0.2) is 109 Å². The number of oxime groups is 2. The average molecular weight is 535 g/mol. The van der Waals surface area contributed by atoms with Crippen molar-refractivity contribution in [3.8, 4) is 11.1 Å². The second kappa shape index (κ2) is 12.6. The Bertz CT molecular complexity index is 1180. The molecule has 206 valence electrons. The maximum absolute atomic E-state index is 13.1. The number of hydrogen-bond acceptors (Lipinski definition) is 10. The molecule has 0 amide bonds. The number of ether oxygens (including phenoxy) is 2. The predicted molar refractivity (Wildman–Crippen MR) is 146 cm³/mol. The van der Waals surface area contributed by atoms with Gasteiger partial charge < -0.3 is 19.9 Å². The number of carbonyl (C=O) groups excluding carboxylic acids is 2. The van der Waals surface area contributed by atoms with E-state index in [-0.39, 0.29) is 23.0 Å². The van der Waals surface area contributed by atoms with Crippen LogP contribution in [0, 0.1) is 0 Å². The minimum absolute atomic E-state index is 0.137. The molecule has 0 radical (unpaired) electrons. The van der Waals surface area contributed by atoms with Gasteiger partial charge in [0.25, 0.3) is 0 Å². The number of Topliss-reactive ketones (excluding diaryl/α,β-unsaturated/α-hetero) is 2. The Morgan fingerprint density at radius 2 is 1.10 bits per heavy atom. The Labute approximate surface area is 227 Å². The first-order valence-electron chi connectivity index (χ1n) is 13.4. The molecule has 10 nitrogen and oxygen atoms in total. The van der Waals surface area contributed by atoms with Crippen molar-refractivity contribution in [2.45, 2.75) is 19.3 Å². The highest BCUT2D eigenvalue weighted by atomic mass is 16.5. The molecule has 0 bridgehead atoms. The van der Waals surface area contributed by atoms with Gasteiger partial charge in [-0.05, 0) is 40.8 Å². The van der Waals surface area contributed by atoms with Gasteiger partial charge in [0.2, 0.25) is 11.6 Å². The number of nitrogens with zero attached hydrogens (tertiary/aromatic N) is 4. The first-order chi connectivity index (χ1) is 19.1. The van der Waals surface area contributed by atoms with E-state index in [4.69, 9.17) is 9.47 Å². The summed E-state index contributed by atoms with van der Waals surface area (Å²) in [6, 6.07) is 11.0. The second-order valence-electron chi connectivity index (χ2n) is 10.1. The van der Waals surface area contributed by atoms with Crippen LogP contribution in [0.25, 0.3) is 11.1 Å². The van der Waals surface area contributed by atoms with Crippen molar-refractivity contribution in [2.75, 3.05) is 65.7 Å². The van der Waals surface area contributed by atoms with Crippen molar-refractivity contribution < 1.29 is 29.5 Å². The first-order valence-corrected chi connectivity index (χ1v) is 13.4. The van der Waals surface area contributed by atoms with E-state index in [2.05, 4.69) is 20.1 Å². The monoisotopic (exact) mass is 534 g/mol. The van der Waals surface area contributed by atoms with Crippen LogP contribution in [0.4, 0.5) is 0 Å². The van der Waals surface area contributed by atoms with Crippen molar-refractivity contribution in [3.63, 3.8) is 0 Å².